The van der Waals surface area contributed by atoms with E-state index >= 15 is 0 Å². The Balaban J connectivity index is 3.02. The molecule has 0 spiro atoms. The van der Waals surface area contributed by atoms with Gasteiger partial charge in [0.1, 0.15) is 0 Å². The molecule has 0 amide bonds. The quantitative estimate of drug-likeness (QED) is 0.622. The summed E-state index contributed by atoms with van der Waals surface area (Å²) in [6, 6.07) is 5.59. The van der Waals surface area contributed by atoms with Gasteiger partial charge in [0.25, 0.3) is 0 Å². The van der Waals surface area contributed by atoms with E-state index in [4.69, 9.17) is 9.47 Å². The molecule has 2 aromatic rings. The van der Waals surface area contributed by atoms with E-state index in [9.17, 15) is 9.90 Å². The van der Waals surface area contributed by atoms with Crippen LogP contribution >= 0.6 is 0 Å². The van der Waals surface area contributed by atoms with Gasteiger partial charge in [0.2, 0.25) is 0 Å². The van der Waals surface area contributed by atoms with Crippen LogP contribution in [0.3, 0.4) is 0 Å². The second-order valence-corrected chi connectivity index (χ2v) is 20.7. The fraction of sp³-hybridized carbons (Fsp3) is 0.353. The molecule has 2 rings (SSSR count). The summed E-state index contributed by atoms with van der Waals surface area (Å²) in [6.07, 6.45) is 0. The van der Waals surface area contributed by atoms with Crippen LogP contribution in [0.1, 0.15) is 17.3 Å². The first-order valence-corrected chi connectivity index (χ1v) is 17.1. The molecule has 118 valence electrons. The molecule has 4 nitrogen and oxygen atoms in total. The molecule has 0 atom stereocenters. The molecule has 0 aromatic heterocycles. The van der Waals surface area contributed by atoms with Gasteiger partial charge in [-0.3, -0.25) is 0 Å². The summed E-state index contributed by atoms with van der Waals surface area (Å²) >= 11 is -2.45. The molecule has 0 unspecified atom stereocenters. The molecule has 0 radical (unpaired) electrons. The molecule has 5 heteroatoms. The van der Waals surface area contributed by atoms with Gasteiger partial charge in [0.15, 0.2) is 0 Å². The van der Waals surface area contributed by atoms with E-state index in [2.05, 4.69) is 20.9 Å². The molecule has 0 aliphatic rings. The molecule has 0 bridgehead atoms. The summed E-state index contributed by atoms with van der Waals surface area (Å²) in [5.74, 6) is 0.994. The van der Waals surface area contributed by atoms with Gasteiger partial charge in [-0.15, -0.1) is 0 Å². The monoisotopic (exact) mass is 410 g/mol. The van der Waals surface area contributed by atoms with Crippen molar-refractivity contribution in [2.75, 3.05) is 14.2 Å². The van der Waals surface area contributed by atoms with Gasteiger partial charge in [0, 0.05) is 0 Å². The van der Waals surface area contributed by atoms with Crippen molar-refractivity contribution in [3.05, 3.63) is 23.8 Å². The molecule has 22 heavy (non-hydrogen) atoms. The molecule has 0 saturated heterocycles. The van der Waals surface area contributed by atoms with Crippen LogP contribution in [0.4, 0.5) is 0 Å². The van der Waals surface area contributed by atoms with Crippen molar-refractivity contribution in [3.63, 3.8) is 0 Å². The van der Waals surface area contributed by atoms with Crippen molar-refractivity contribution in [1.29, 1.82) is 0 Å². The number of fused-ring (bicyclic) bond motifs is 1. The Labute approximate surface area is 134 Å². The topological polar surface area (TPSA) is 55.8 Å². The molecule has 0 saturated carbocycles. The molecule has 0 aliphatic carbocycles. The molecule has 0 heterocycles. The van der Waals surface area contributed by atoms with Crippen molar-refractivity contribution in [1.82, 2.24) is 0 Å². The van der Waals surface area contributed by atoms with Crippen LogP contribution in [0.5, 0.6) is 17.2 Å². The summed E-state index contributed by atoms with van der Waals surface area (Å²) in [6.45, 7) is 1.43. The third-order valence-corrected chi connectivity index (χ3v) is 9.54. The minimum absolute atomic E-state index is 0.0301. The number of carbonyl (C=O) groups excluding carboxylic acids is 1. The Hall–Kier alpha value is -1.43. The zero-order valence-electron chi connectivity index (χ0n) is 13.9. The average Bonchev–Trinajstić information content (AvgIpc) is 2.45. The van der Waals surface area contributed by atoms with Gasteiger partial charge in [-0.05, 0) is 0 Å². The van der Waals surface area contributed by atoms with Gasteiger partial charge in [-0.1, -0.05) is 0 Å². The van der Waals surface area contributed by atoms with Gasteiger partial charge < -0.3 is 0 Å². The minimum atomic E-state index is -2.45. The summed E-state index contributed by atoms with van der Waals surface area (Å²) in [7, 11) is 3.15. The number of hydrogen-bond donors (Lipinski definition) is 1. The van der Waals surface area contributed by atoms with Crippen LogP contribution in [-0.2, 0) is 0 Å². The van der Waals surface area contributed by atoms with Gasteiger partial charge >= 0.3 is 135 Å². The van der Waals surface area contributed by atoms with E-state index in [-0.39, 0.29) is 17.1 Å². The SMILES string of the molecule is COc1cc(C(C)=O)c(O)c2c(OC)[c]([Sn]([CH3])([CH3])[CH3])ccc12. The fourth-order valence-corrected chi connectivity index (χ4v) is 6.93. The van der Waals surface area contributed by atoms with Crippen LogP contribution in [0, 0.1) is 0 Å². The Morgan fingerprint density at radius 3 is 2.23 bits per heavy atom. The number of hydrogen-bond acceptors (Lipinski definition) is 4. The normalized spacial score (nSPS) is 11.5. The van der Waals surface area contributed by atoms with Crippen molar-refractivity contribution in [3.8, 4) is 17.2 Å². The van der Waals surface area contributed by atoms with Crippen LogP contribution in [0.25, 0.3) is 10.8 Å². The Morgan fingerprint density at radius 2 is 1.77 bits per heavy atom. The first kappa shape index (κ1) is 16.9. The van der Waals surface area contributed by atoms with Gasteiger partial charge in [0.05, 0.1) is 0 Å². The summed E-state index contributed by atoms with van der Waals surface area (Å²) < 4.78 is 12.2. The van der Waals surface area contributed by atoms with Crippen molar-refractivity contribution in [2.24, 2.45) is 0 Å². The molecule has 1 N–H and O–H groups in total. The van der Waals surface area contributed by atoms with E-state index in [1.54, 1.807) is 20.3 Å². The summed E-state index contributed by atoms with van der Waals surface area (Å²) in [4.78, 5) is 18.7. The number of phenols is 1. The van der Waals surface area contributed by atoms with Gasteiger partial charge in [-0.25, -0.2) is 0 Å². The number of carbonyl (C=O) groups is 1. The zero-order chi connectivity index (χ0) is 16.7. The predicted molar refractivity (Wildman–Crippen MR) is 91.7 cm³/mol. The van der Waals surface area contributed by atoms with Crippen LogP contribution in [0.15, 0.2) is 18.2 Å². The summed E-state index contributed by atoms with van der Waals surface area (Å²) in [5, 5.41) is 11.9. The van der Waals surface area contributed by atoms with Crippen molar-refractivity contribution in [2.45, 2.75) is 21.7 Å². The Morgan fingerprint density at radius 1 is 1.14 bits per heavy atom. The van der Waals surface area contributed by atoms with Crippen LogP contribution in [-0.4, -0.2) is 43.5 Å². The number of ether oxygens (including phenoxy) is 2. The standard InChI is InChI=1S/C14H13O4.3CH3.Sn/c1-8(15)10-7-12(18-3)9-5-4-6-11(17-2)13(9)14(10)16;;;;/h4-5,7,16H,1-3H3;3*1H3;. The number of rotatable bonds is 4. The second kappa shape index (κ2) is 5.99. The van der Waals surface area contributed by atoms with Crippen LogP contribution < -0.4 is 13.1 Å². The van der Waals surface area contributed by atoms with E-state index < -0.39 is 18.4 Å². The van der Waals surface area contributed by atoms with Crippen molar-refractivity contribution >= 4 is 38.5 Å². The first-order chi connectivity index (χ1) is 10.2. The van der Waals surface area contributed by atoms with E-state index in [0.29, 0.717) is 16.9 Å². The van der Waals surface area contributed by atoms with E-state index in [1.165, 1.54) is 10.5 Å². The molecule has 0 aliphatic heterocycles. The zero-order valence-corrected chi connectivity index (χ0v) is 16.8. The number of Topliss-reactive ketones (excluding diaryl/α,β-unsaturated/α-hetero) is 1. The third kappa shape index (κ3) is 2.76. The number of methoxy groups -OCH3 is 2. The predicted octanol–water partition coefficient (Wildman–Crippen LogP) is 3.31. The van der Waals surface area contributed by atoms with Crippen LogP contribution in [0.2, 0.25) is 14.8 Å². The molecular weight excluding hydrogens is 387 g/mol. The Bertz CT molecular complexity index is 745. The Kier molecular flexibility index (Phi) is 4.61. The average molecular weight is 409 g/mol. The van der Waals surface area contributed by atoms with E-state index in [0.717, 1.165) is 5.39 Å². The number of benzene rings is 2. The third-order valence-electron chi connectivity index (χ3n) is 3.80. The molecule has 2 aromatic carbocycles. The van der Waals surface area contributed by atoms with E-state index in [1.807, 2.05) is 6.07 Å². The number of phenolic OH excluding ortho intramolecular Hbond substituents is 1. The molecular formula is C17H22O4Sn. The number of ketones is 1. The first-order valence-electron chi connectivity index (χ1n) is 7.14. The van der Waals surface area contributed by atoms with Crippen molar-refractivity contribution < 1.29 is 19.4 Å². The maximum absolute atomic E-state index is 11.8. The maximum atomic E-state index is 11.8. The summed E-state index contributed by atoms with van der Waals surface area (Å²) in [5.41, 5.74) is 0.254. The van der Waals surface area contributed by atoms with Gasteiger partial charge in [-0.2, -0.15) is 0 Å². The molecule has 0 fully saturated rings. The fourth-order valence-electron chi connectivity index (χ4n) is 2.67. The number of aromatic hydroxyl groups is 1. The second-order valence-electron chi connectivity index (χ2n) is 6.35.